The smallest absolute Gasteiger partial charge is 0.320 e. The fourth-order valence-corrected chi connectivity index (χ4v) is 7.13. The molecule has 12 nitrogen and oxygen atoms in total. The summed E-state index contributed by atoms with van der Waals surface area (Å²) in [6.45, 7) is 14.5. The number of pyridine rings is 1. The Bertz CT molecular complexity index is 1720. The lowest BCUT2D eigenvalue weighted by atomic mass is 9.85. The second kappa shape index (κ2) is 13.8. The zero-order valence-electron chi connectivity index (χ0n) is 28.7. The normalized spacial score (nSPS) is 22.0. The van der Waals surface area contributed by atoms with Crippen molar-refractivity contribution in [3.05, 3.63) is 65.5 Å². The molecule has 3 aromatic heterocycles. The van der Waals surface area contributed by atoms with Gasteiger partial charge in [0.25, 0.3) is 0 Å². The number of nitrogens with one attached hydrogen (secondary N) is 2. The molecule has 256 valence electrons. The molecule has 5 heterocycles. The number of piperidine rings is 1. The number of nitrogens with zero attached hydrogens (tertiary/aromatic N) is 7. The van der Waals surface area contributed by atoms with E-state index in [0.717, 1.165) is 99.2 Å². The number of morpholine rings is 1. The number of rotatable bonds is 8. The number of ether oxygens (including phenoxy) is 2. The molecular formula is C36H49N9O3. The third kappa shape index (κ3) is 7.00. The molecular weight excluding hydrogens is 606 g/mol. The molecule has 2 aliphatic heterocycles. The lowest BCUT2D eigenvalue weighted by molar-refractivity contribution is 0.0360. The van der Waals surface area contributed by atoms with Crippen LogP contribution in [0.25, 0.3) is 5.65 Å². The van der Waals surface area contributed by atoms with Crippen molar-refractivity contribution in [1.82, 2.24) is 34.6 Å². The summed E-state index contributed by atoms with van der Waals surface area (Å²) in [6.07, 6.45) is 6.98. The van der Waals surface area contributed by atoms with Gasteiger partial charge < -0.3 is 19.7 Å². The van der Waals surface area contributed by atoms with Crippen LogP contribution in [0.2, 0.25) is 0 Å². The van der Waals surface area contributed by atoms with E-state index in [-0.39, 0.29) is 23.6 Å². The number of hydrogen-bond donors (Lipinski definition) is 2. The number of urea groups is 1. The van der Waals surface area contributed by atoms with Crippen LogP contribution in [-0.2, 0) is 16.7 Å². The van der Waals surface area contributed by atoms with Crippen molar-refractivity contribution >= 4 is 23.4 Å². The number of hydrogen-bond acceptors (Lipinski definition) is 8. The maximum Gasteiger partial charge on any atom is 0.320 e. The average Bonchev–Trinajstić information content (AvgIpc) is 3.69. The number of anilines is 2. The fraction of sp³-hybridized carbons (Fsp3) is 0.556. The summed E-state index contributed by atoms with van der Waals surface area (Å²) in [7, 11) is 0. The van der Waals surface area contributed by atoms with Gasteiger partial charge in [-0.3, -0.25) is 14.6 Å². The Morgan fingerprint density at radius 1 is 0.979 bits per heavy atom. The van der Waals surface area contributed by atoms with Gasteiger partial charge in [-0.2, -0.15) is 5.10 Å². The average molecular weight is 656 g/mol. The van der Waals surface area contributed by atoms with Gasteiger partial charge in [-0.15, -0.1) is 10.2 Å². The van der Waals surface area contributed by atoms with Gasteiger partial charge in [-0.05, 0) is 62.3 Å². The standard InChI is InChI=1S/C36H49N9O3/c1-25-9-7-8-16-43(25)35-40-39-32-15-12-26(24-44(32)35)48-30-14-13-29(27-10-5-6-11-28(27)30)37-34(46)38-33-23-31(36(2,3)4)41-45(33)18-17-42-19-21-47-22-20-42/h5-6,10-12,15,23-25,29-30H,7-9,13-14,16-22H2,1-4H3,(H2,37,38,46)/t25?,29-,30+/m0/s1. The van der Waals surface area contributed by atoms with Crippen molar-refractivity contribution in [2.75, 3.05) is 49.6 Å². The summed E-state index contributed by atoms with van der Waals surface area (Å²) < 4.78 is 16.1. The highest BCUT2D eigenvalue weighted by atomic mass is 16.5. The number of aromatic nitrogens is 5. The Balaban J connectivity index is 1.04. The summed E-state index contributed by atoms with van der Waals surface area (Å²) >= 11 is 0. The molecule has 4 aromatic rings. The molecule has 0 spiro atoms. The highest BCUT2D eigenvalue weighted by Crippen LogP contribution is 2.39. The number of carbonyl (C=O) groups is 1. The molecule has 2 amide bonds. The molecule has 2 fully saturated rings. The van der Waals surface area contributed by atoms with Gasteiger partial charge in [0.05, 0.1) is 37.7 Å². The van der Waals surface area contributed by atoms with E-state index in [1.54, 1.807) is 0 Å². The molecule has 2 N–H and O–H groups in total. The van der Waals surface area contributed by atoms with E-state index in [0.29, 0.717) is 18.4 Å². The zero-order valence-corrected chi connectivity index (χ0v) is 28.7. The molecule has 2 saturated heterocycles. The maximum atomic E-state index is 13.5. The predicted molar refractivity (Wildman–Crippen MR) is 186 cm³/mol. The van der Waals surface area contributed by atoms with Gasteiger partial charge >= 0.3 is 6.03 Å². The Kier molecular flexibility index (Phi) is 9.28. The van der Waals surface area contributed by atoms with Crippen molar-refractivity contribution in [2.45, 2.75) is 89.9 Å². The van der Waals surface area contributed by atoms with Crippen molar-refractivity contribution in [3.63, 3.8) is 0 Å². The Morgan fingerprint density at radius 2 is 1.79 bits per heavy atom. The zero-order chi connectivity index (χ0) is 33.3. The first kappa shape index (κ1) is 32.4. The van der Waals surface area contributed by atoms with E-state index in [1.807, 2.05) is 41.2 Å². The SMILES string of the molecule is CC1CCCCN1c1nnc2ccc(O[C@@H]3CC[C@H](NC(=O)Nc4cc(C(C)(C)C)nn4CCN4CCOCC4)c4ccccc43)cn12. The summed E-state index contributed by atoms with van der Waals surface area (Å²) in [5.41, 5.74) is 3.79. The molecule has 3 aliphatic rings. The monoisotopic (exact) mass is 655 g/mol. The topological polar surface area (TPSA) is 114 Å². The minimum atomic E-state index is -0.236. The van der Waals surface area contributed by atoms with Crippen molar-refractivity contribution in [3.8, 4) is 5.75 Å². The summed E-state index contributed by atoms with van der Waals surface area (Å²) in [6, 6.07) is 14.3. The Morgan fingerprint density at radius 3 is 2.58 bits per heavy atom. The van der Waals surface area contributed by atoms with Crippen LogP contribution in [0.3, 0.4) is 0 Å². The molecule has 0 radical (unpaired) electrons. The minimum absolute atomic E-state index is 0.135. The second-order valence-electron chi connectivity index (χ2n) is 14.4. The summed E-state index contributed by atoms with van der Waals surface area (Å²) in [5.74, 6) is 2.36. The van der Waals surface area contributed by atoms with Crippen molar-refractivity contribution < 1.29 is 14.3 Å². The Hall–Kier alpha value is -4.16. The third-order valence-corrected chi connectivity index (χ3v) is 9.96. The first-order chi connectivity index (χ1) is 23.2. The molecule has 12 heteroatoms. The van der Waals surface area contributed by atoms with Crippen LogP contribution in [0.5, 0.6) is 5.75 Å². The lowest BCUT2D eigenvalue weighted by Crippen LogP contribution is -2.39. The molecule has 0 bridgehead atoms. The highest BCUT2D eigenvalue weighted by molar-refractivity contribution is 5.88. The predicted octanol–water partition coefficient (Wildman–Crippen LogP) is 5.71. The van der Waals surface area contributed by atoms with Crippen LogP contribution < -0.4 is 20.3 Å². The second-order valence-corrected chi connectivity index (χ2v) is 14.4. The van der Waals surface area contributed by atoms with Gasteiger partial charge in [0.15, 0.2) is 5.65 Å². The van der Waals surface area contributed by atoms with Crippen LogP contribution in [0, 0.1) is 0 Å². The van der Waals surface area contributed by atoms with Gasteiger partial charge in [0.2, 0.25) is 5.95 Å². The first-order valence-electron chi connectivity index (χ1n) is 17.6. The molecule has 48 heavy (non-hydrogen) atoms. The maximum absolute atomic E-state index is 13.5. The van der Waals surface area contributed by atoms with Gasteiger partial charge in [0.1, 0.15) is 17.7 Å². The minimum Gasteiger partial charge on any atom is -0.484 e. The molecule has 7 rings (SSSR count). The molecule has 0 saturated carbocycles. The molecule has 3 atom stereocenters. The van der Waals surface area contributed by atoms with Gasteiger partial charge in [-0.25, -0.2) is 9.48 Å². The van der Waals surface area contributed by atoms with Crippen LogP contribution in [0.15, 0.2) is 48.7 Å². The molecule has 1 aliphatic carbocycles. The Labute approximate surface area is 282 Å². The van der Waals surface area contributed by atoms with E-state index in [1.165, 1.54) is 6.42 Å². The van der Waals surface area contributed by atoms with E-state index < -0.39 is 0 Å². The van der Waals surface area contributed by atoms with E-state index in [4.69, 9.17) is 14.6 Å². The van der Waals surface area contributed by atoms with Crippen molar-refractivity contribution in [1.29, 1.82) is 0 Å². The number of carbonyl (C=O) groups excluding carboxylic acids is 1. The quantitative estimate of drug-likeness (QED) is 0.248. The van der Waals surface area contributed by atoms with Gasteiger partial charge in [0, 0.05) is 43.7 Å². The molecule has 1 aromatic carbocycles. The van der Waals surface area contributed by atoms with Crippen molar-refractivity contribution in [2.24, 2.45) is 0 Å². The van der Waals surface area contributed by atoms with Gasteiger partial charge in [-0.1, -0.05) is 45.0 Å². The molecule has 1 unspecified atom stereocenters. The number of amides is 2. The van der Waals surface area contributed by atoms with Crippen LogP contribution in [0.1, 0.15) is 88.8 Å². The number of benzene rings is 1. The summed E-state index contributed by atoms with van der Waals surface area (Å²) in [4.78, 5) is 18.3. The highest BCUT2D eigenvalue weighted by Gasteiger charge is 2.30. The van der Waals surface area contributed by atoms with Crippen LogP contribution in [-0.4, -0.2) is 80.7 Å². The van der Waals surface area contributed by atoms with E-state index in [2.05, 4.69) is 74.9 Å². The third-order valence-electron chi connectivity index (χ3n) is 9.96. The van der Waals surface area contributed by atoms with Crippen LogP contribution in [0.4, 0.5) is 16.6 Å². The van der Waals surface area contributed by atoms with Crippen LogP contribution >= 0.6 is 0 Å². The fourth-order valence-electron chi connectivity index (χ4n) is 7.13. The summed E-state index contributed by atoms with van der Waals surface area (Å²) in [5, 5.41) is 20.2. The van der Waals surface area contributed by atoms with E-state index in [9.17, 15) is 4.79 Å². The largest absolute Gasteiger partial charge is 0.484 e. The number of fused-ring (bicyclic) bond motifs is 2. The lowest BCUT2D eigenvalue weighted by Gasteiger charge is -2.33. The van der Waals surface area contributed by atoms with E-state index >= 15 is 0 Å². The first-order valence-corrected chi connectivity index (χ1v) is 17.6.